The first-order valence-electron chi connectivity index (χ1n) is 8.19. The molecule has 0 fully saturated rings. The zero-order chi connectivity index (χ0) is 16.5. The van der Waals surface area contributed by atoms with Crippen LogP contribution in [0.4, 0.5) is 5.69 Å². The van der Waals surface area contributed by atoms with Gasteiger partial charge in [-0.05, 0) is 36.1 Å². The molecule has 0 radical (unpaired) electrons. The van der Waals surface area contributed by atoms with E-state index < -0.39 is 0 Å². The summed E-state index contributed by atoms with van der Waals surface area (Å²) < 4.78 is 2.23. The molecule has 0 saturated carbocycles. The number of unbranched alkanes of at least 4 members (excludes halogenated alkanes) is 2. The fourth-order valence-electron chi connectivity index (χ4n) is 2.37. The number of hydrogen-bond donors (Lipinski definition) is 0. The molecule has 2 rings (SSSR count). The van der Waals surface area contributed by atoms with Gasteiger partial charge in [-0.3, -0.25) is 0 Å². The molecular weight excluding hydrogens is 304 g/mol. The first kappa shape index (κ1) is 17.6. The molecule has 1 aromatic heterocycles. The highest BCUT2D eigenvalue weighted by Gasteiger charge is 1.99. The first-order valence-corrected chi connectivity index (χ1v) is 8.73. The molecule has 1 heterocycles. The molecule has 1 aromatic carbocycles. The predicted octanol–water partition coefficient (Wildman–Crippen LogP) is 4.62. The summed E-state index contributed by atoms with van der Waals surface area (Å²) >= 11 is 5.70. The van der Waals surface area contributed by atoms with Crippen LogP contribution in [-0.4, -0.2) is 20.0 Å². The number of benzene rings is 1. The highest BCUT2D eigenvalue weighted by Crippen LogP contribution is 2.14. The van der Waals surface area contributed by atoms with E-state index in [1.54, 1.807) is 0 Å². The lowest BCUT2D eigenvalue weighted by Gasteiger charge is -2.11. The maximum atomic E-state index is 5.70. The maximum absolute atomic E-state index is 5.70. The number of rotatable bonds is 8. The molecule has 0 amide bonds. The summed E-state index contributed by atoms with van der Waals surface area (Å²) in [4.78, 5) is 2.11. The summed E-state index contributed by atoms with van der Waals surface area (Å²) in [7, 11) is 4.11. The van der Waals surface area contributed by atoms with Gasteiger partial charge in [0, 0.05) is 44.2 Å². The molecule has 0 unspecified atom stereocenters. The summed E-state index contributed by atoms with van der Waals surface area (Å²) in [5.41, 5.74) is 3.66. The molecule has 0 N–H and O–H groups in total. The highest BCUT2D eigenvalue weighted by molar-refractivity contribution is 6.17. The van der Waals surface area contributed by atoms with Crippen molar-refractivity contribution < 1.29 is 4.57 Å². The molecule has 2 nitrogen and oxygen atoms in total. The van der Waals surface area contributed by atoms with Crippen molar-refractivity contribution in [3.05, 3.63) is 59.9 Å². The van der Waals surface area contributed by atoms with Gasteiger partial charge < -0.3 is 4.90 Å². The van der Waals surface area contributed by atoms with Gasteiger partial charge in [-0.25, -0.2) is 4.57 Å². The quantitative estimate of drug-likeness (QED) is 0.389. The van der Waals surface area contributed by atoms with Gasteiger partial charge in [-0.2, -0.15) is 0 Å². The Balaban J connectivity index is 1.89. The van der Waals surface area contributed by atoms with Crippen LogP contribution in [0.3, 0.4) is 0 Å². The second kappa shape index (κ2) is 9.36. The van der Waals surface area contributed by atoms with Crippen LogP contribution >= 0.6 is 11.6 Å². The average Bonchev–Trinajstić information content (AvgIpc) is 2.58. The molecule has 0 bridgehead atoms. The standard InChI is InChI=1S/C20H26ClN2/c1-22(2)20-10-8-18(9-11-20)6-7-19-12-16-23(17-13-19)15-5-3-4-14-21/h6-13,16-17H,3-5,14-15H2,1-2H3/q+1. The van der Waals surface area contributed by atoms with Gasteiger partial charge in [0.15, 0.2) is 12.4 Å². The Morgan fingerprint density at radius 3 is 2.04 bits per heavy atom. The molecule has 0 aliphatic heterocycles. The molecule has 0 aliphatic rings. The van der Waals surface area contributed by atoms with Crippen molar-refractivity contribution in [3.8, 4) is 0 Å². The van der Waals surface area contributed by atoms with E-state index in [0.717, 1.165) is 18.8 Å². The van der Waals surface area contributed by atoms with Gasteiger partial charge in [0.05, 0.1) is 0 Å². The lowest BCUT2D eigenvalue weighted by molar-refractivity contribution is -0.697. The number of hydrogen-bond acceptors (Lipinski definition) is 1. The minimum absolute atomic E-state index is 0.768. The molecule has 0 atom stereocenters. The normalized spacial score (nSPS) is 11.1. The average molecular weight is 330 g/mol. The maximum Gasteiger partial charge on any atom is 0.169 e. The number of halogens is 1. The highest BCUT2D eigenvalue weighted by atomic mass is 35.5. The lowest BCUT2D eigenvalue weighted by Crippen LogP contribution is -2.32. The third kappa shape index (κ3) is 6.07. The molecule has 23 heavy (non-hydrogen) atoms. The molecule has 0 aliphatic carbocycles. The number of alkyl halides is 1. The van der Waals surface area contributed by atoms with Crippen LogP contribution in [0.2, 0.25) is 0 Å². The first-order chi connectivity index (χ1) is 11.2. The van der Waals surface area contributed by atoms with Crippen molar-refractivity contribution in [3.63, 3.8) is 0 Å². The molecular formula is C20H26ClN2+. The Labute approximate surface area is 145 Å². The Morgan fingerprint density at radius 1 is 0.870 bits per heavy atom. The van der Waals surface area contributed by atoms with Gasteiger partial charge in [-0.15, -0.1) is 11.6 Å². The second-order valence-electron chi connectivity index (χ2n) is 5.94. The smallest absolute Gasteiger partial charge is 0.169 e. The fourth-order valence-corrected chi connectivity index (χ4v) is 2.56. The fraction of sp³-hybridized carbons (Fsp3) is 0.350. The van der Waals surface area contributed by atoms with Crippen molar-refractivity contribution in [2.75, 3.05) is 24.9 Å². The monoisotopic (exact) mass is 329 g/mol. The van der Waals surface area contributed by atoms with Crippen molar-refractivity contribution in [2.24, 2.45) is 0 Å². The van der Waals surface area contributed by atoms with Gasteiger partial charge in [-0.1, -0.05) is 24.3 Å². The van der Waals surface area contributed by atoms with E-state index in [1.807, 2.05) is 0 Å². The number of nitrogens with zero attached hydrogens (tertiary/aromatic N) is 2. The van der Waals surface area contributed by atoms with Crippen molar-refractivity contribution >= 4 is 29.4 Å². The zero-order valence-electron chi connectivity index (χ0n) is 14.1. The van der Waals surface area contributed by atoms with Crippen molar-refractivity contribution in [1.82, 2.24) is 0 Å². The van der Waals surface area contributed by atoms with E-state index in [1.165, 1.54) is 29.7 Å². The predicted molar refractivity (Wildman–Crippen MR) is 101 cm³/mol. The van der Waals surface area contributed by atoms with Crippen LogP contribution in [0.15, 0.2) is 48.8 Å². The van der Waals surface area contributed by atoms with Gasteiger partial charge in [0.25, 0.3) is 0 Å². The topological polar surface area (TPSA) is 7.12 Å². The summed E-state index contributed by atoms with van der Waals surface area (Å²) in [6.07, 6.45) is 12.1. The summed E-state index contributed by atoms with van der Waals surface area (Å²) in [5.74, 6) is 0.768. The minimum atomic E-state index is 0.768. The van der Waals surface area contributed by atoms with E-state index >= 15 is 0 Å². The molecule has 0 spiro atoms. The second-order valence-corrected chi connectivity index (χ2v) is 6.32. The number of aromatic nitrogens is 1. The van der Waals surface area contributed by atoms with Crippen LogP contribution in [0.5, 0.6) is 0 Å². The van der Waals surface area contributed by atoms with Crippen LogP contribution < -0.4 is 9.47 Å². The van der Waals surface area contributed by atoms with E-state index in [0.29, 0.717) is 0 Å². The van der Waals surface area contributed by atoms with Gasteiger partial charge >= 0.3 is 0 Å². The van der Waals surface area contributed by atoms with E-state index in [-0.39, 0.29) is 0 Å². The Bertz CT molecular complexity index is 601. The summed E-state index contributed by atoms with van der Waals surface area (Å²) in [6, 6.07) is 12.9. The van der Waals surface area contributed by atoms with Crippen LogP contribution in [-0.2, 0) is 6.54 Å². The summed E-state index contributed by atoms with van der Waals surface area (Å²) in [5, 5.41) is 0. The van der Waals surface area contributed by atoms with Crippen molar-refractivity contribution in [2.45, 2.75) is 25.8 Å². The van der Waals surface area contributed by atoms with Gasteiger partial charge in [0.1, 0.15) is 6.54 Å². The zero-order valence-corrected chi connectivity index (χ0v) is 14.8. The SMILES string of the molecule is CN(C)c1ccc(/C=C/c2cc[n+](CCCCCCl)cc2)cc1. The Hall–Kier alpha value is -1.80. The molecule has 122 valence electrons. The van der Waals surface area contributed by atoms with Crippen LogP contribution in [0.25, 0.3) is 12.2 Å². The number of pyridine rings is 1. The largest absolute Gasteiger partial charge is 0.378 e. The van der Waals surface area contributed by atoms with Crippen LogP contribution in [0.1, 0.15) is 30.4 Å². The lowest BCUT2D eigenvalue weighted by atomic mass is 10.1. The number of anilines is 1. The third-order valence-corrected chi connectivity index (χ3v) is 4.11. The van der Waals surface area contributed by atoms with Gasteiger partial charge in [0.2, 0.25) is 0 Å². The molecule has 2 aromatic rings. The Kier molecular flexibility index (Phi) is 7.15. The van der Waals surface area contributed by atoms with Crippen molar-refractivity contribution in [1.29, 1.82) is 0 Å². The van der Waals surface area contributed by atoms with E-state index in [4.69, 9.17) is 11.6 Å². The molecule has 0 saturated heterocycles. The number of aryl methyl sites for hydroxylation is 1. The van der Waals surface area contributed by atoms with E-state index in [2.05, 4.69) is 84.5 Å². The third-order valence-electron chi connectivity index (χ3n) is 3.84. The van der Waals surface area contributed by atoms with E-state index in [9.17, 15) is 0 Å². The Morgan fingerprint density at radius 2 is 1.48 bits per heavy atom. The summed E-state index contributed by atoms with van der Waals surface area (Å²) in [6.45, 7) is 1.06. The minimum Gasteiger partial charge on any atom is -0.378 e. The van der Waals surface area contributed by atoms with Crippen LogP contribution in [0, 0.1) is 0 Å². The molecule has 3 heteroatoms.